The van der Waals surface area contributed by atoms with Crippen LogP contribution in [0.3, 0.4) is 0 Å². The van der Waals surface area contributed by atoms with Gasteiger partial charge in [-0.1, -0.05) is 31.2 Å². The van der Waals surface area contributed by atoms with Crippen LogP contribution in [-0.2, 0) is 9.59 Å². The molecule has 0 bridgehead atoms. The molecule has 1 fully saturated rings. The maximum absolute atomic E-state index is 12.0. The highest BCUT2D eigenvalue weighted by Crippen LogP contribution is 2.33. The number of carboxylic acid groups (broad SMARTS) is 1. The van der Waals surface area contributed by atoms with Crippen molar-refractivity contribution in [2.45, 2.75) is 64.1 Å². The van der Waals surface area contributed by atoms with Crippen LogP contribution in [0.15, 0.2) is 24.3 Å². The number of Topliss-reactive ketones (excluding diaryl/α,β-unsaturated/α-hetero) is 1. The van der Waals surface area contributed by atoms with Crippen LogP contribution in [0.4, 0.5) is 0 Å². The summed E-state index contributed by atoms with van der Waals surface area (Å²) in [5, 5.41) is 28.1. The minimum absolute atomic E-state index is 0.0636. The van der Waals surface area contributed by atoms with Crippen molar-refractivity contribution in [2.24, 2.45) is 11.8 Å². The topological polar surface area (TPSA) is 94.8 Å². The number of aliphatic hydroxyl groups excluding tert-OH is 2. The Morgan fingerprint density at radius 3 is 2.74 bits per heavy atom. The largest absolute Gasteiger partial charge is 0.481 e. The first-order chi connectivity index (χ1) is 11.0. The summed E-state index contributed by atoms with van der Waals surface area (Å²) in [6.45, 7) is 1.87. The Balaban J connectivity index is 2.44. The first-order valence-corrected chi connectivity index (χ1v) is 8.39. The number of carbonyl (C=O) groups is 2. The molecule has 130 valence electrons. The normalized spacial score (nSPS) is 26.4. The van der Waals surface area contributed by atoms with Gasteiger partial charge in [-0.3, -0.25) is 9.59 Å². The summed E-state index contributed by atoms with van der Waals surface area (Å²) in [4.78, 5) is 22.4. The van der Waals surface area contributed by atoms with Crippen LogP contribution in [0.1, 0.15) is 51.9 Å². The maximum Gasteiger partial charge on any atom is 0.303 e. The number of hydrogen-bond acceptors (Lipinski definition) is 4. The molecule has 0 saturated heterocycles. The SMILES string of the molecule is CC[C@H](O)/C=C/[C@@H]1[C@H](O)CC(=O)[C@@H]1C/C=C\CCCCC(=O)O. The highest BCUT2D eigenvalue weighted by molar-refractivity contribution is 5.84. The fourth-order valence-electron chi connectivity index (χ4n) is 2.82. The number of aliphatic hydroxyl groups is 2. The lowest BCUT2D eigenvalue weighted by molar-refractivity contribution is -0.137. The fraction of sp³-hybridized carbons (Fsp3) is 0.667. The lowest BCUT2D eigenvalue weighted by atomic mass is 9.90. The van der Waals surface area contributed by atoms with Gasteiger partial charge in [-0.05, 0) is 32.1 Å². The van der Waals surface area contributed by atoms with E-state index in [4.69, 9.17) is 5.11 Å². The summed E-state index contributed by atoms with van der Waals surface area (Å²) < 4.78 is 0. The zero-order valence-corrected chi connectivity index (χ0v) is 13.7. The van der Waals surface area contributed by atoms with E-state index >= 15 is 0 Å². The van der Waals surface area contributed by atoms with E-state index < -0.39 is 18.2 Å². The van der Waals surface area contributed by atoms with Gasteiger partial charge in [0.25, 0.3) is 0 Å². The second-order valence-electron chi connectivity index (χ2n) is 6.13. The number of allylic oxidation sites excluding steroid dienone is 2. The van der Waals surface area contributed by atoms with Crippen molar-refractivity contribution in [3.63, 3.8) is 0 Å². The van der Waals surface area contributed by atoms with Crippen LogP contribution in [-0.4, -0.2) is 39.3 Å². The van der Waals surface area contributed by atoms with E-state index in [1.54, 1.807) is 12.2 Å². The van der Waals surface area contributed by atoms with Crippen LogP contribution in [0.5, 0.6) is 0 Å². The molecule has 0 heterocycles. The smallest absolute Gasteiger partial charge is 0.303 e. The summed E-state index contributed by atoms with van der Waals surface area (Å²) >= 11 is 0. The fourth-order valence-corrected chi connectivity index (χ4v) is 2.82. The third-order valence-electron chi connectivity index (χ3n) is 4.27. The molecule has 0 aromatic heterocycles. The van der Waals surface area contributed by atoms with E-state index in [1.807, 2.05) is 19.1 Å². The molecule has 0 radical (unpaired) electrons. The molecule has 0 amide bonds. The molecule has 0 unspecified atom stereocenters. The van der Waals surface area contributed by atoms with E-state index in [2.05, 4.69) is 0 Å². The molecule has 5 nitrogen and oxygen atoms in total. The van der Waals surface area contributed by atoms with Crippen molar-refractivity contribution >= 4 is 11.8 Å². The van der Waals surface area contributed by atoms with Crippen LogP contribution in [0.25, 0.3) is 0 Å². The van der Waals surface area contributed by atoms with E-state index in [0.717, 1.165) is 12.8 Å². The Bertz CT molecular complexity index is 441. The zero-order valence-electron chi connectivity index (χ0n) is 13.7. The molecule has 1 aliphatic rings. The number of unbranched alkanes of at least 4 members (excludes halogenated alkanes) is 2. The van der Waals surface area contributed by atoms with Crippen molar-refractivity contribution < 1.29 is 24.9 Å². The molecule has 0 aromatic carbocycles. The number of carbonyl (C=O) groups excluding carboxylic acids is 1. The van der Waals surface area contributed by atoms with Crippen molar-refractivity contribution in [1.29, 1.82) is 0 Å². The monoisotopic (exact) mass is 324 g/mol. The number of aliphatic carboxylic acids is 1. The Kier molecular flexibility index (Phi) is 8.81. The molecule has 0 spiro atoms. The van der Waals surface area contributed by atoms with Gasteiger partial charge in [-0.25, -0.2) is 0 Å². The molecule has 5 heteroatoms. The van der Waals surface area contributed by atoms with Crippen LogP contribution >= 0.6 is 0 Å². The summed E-state index contributed by atoms with van der Waals surface area (Å²) in [7, 11) is 0. The number of carboxylic acids is 1. The molecule has 0 aliphatic heterocycles. The average Bonchev–Trinajstić information content (AvgIpc) is 2.77. The van der Waals surface area contributed by atoms with Gasteiger partial charge in [0.15, 0.2) is 0 Å². The molecule has 4 atom stereocenters. The standard InChI is InChI=1S/C18H28O5/c1-2-13(19)10-11-15-14(16(20)12-17(15)21)8-6-4-3-5-7-9-18(22)23/h4,6,10-11,13-15,17,19,21H,2-3,5,7-9,12H2,1H3,(H,22,23)/b6-4-,11-10+/t13-,14+,15-,17+/m0/s1. The summed E-state index contributed by atoms with van der Waals surface area (Å²) in [6.07, 6.45) is 9.95. The Hall–Kier alpha value is -1.46. The number of ketones is 1. The van der Waals surface area contributed by atoms with Crippen LogP contribution in [0, 0.1) is 11.8 Å². The highest BCUT2D eigenvalue weighted by Gasteiger charge is 2.39. The third kappa shape index (κ3) is 7.10. The molecule has 0 aromatic rings. The van der Waals surface area contributed by atoms with Crippen molar-refractivity contribution in [2.75, 3.05) is 0 Å². The summed E-state index contributed by atoms with van der Waals surface area (Å²) in [6, 6.07) is 0. The third-order valence-corrected chi connectivity index (χ3v) is 4.27. The summed E-state index contributed by atoms with van der Waals surface area (Å²) in [5.74, 6) is -1.18. The molecule has 1 rings (SSSR count). The number of hydrogen-bond donors (Lipinski definition) is 3. The van der Waals surface area contributed by atoms with Gasteiger partial charge in [-0.2, -0.15) is 0 Å². The number of rotatable bonds is 10. The first kappa shape index (κ1) is 19.6. The molecule has 1 saturated carbocycles. The Morgan fingerprint density at radius 2 is 2.09 bits per heavy atom. The highest BCUT2D eigenvalue weighted by atomic mass is 16.4. The van der Waals surface area contributed by atoms with Gasteiger partial charge in [0.05, 0.1) is 12.2 Å². The van der Waals surface area contributed by atoms with E-state index in [1.165, 1.54) is 0 Å². The van der Waals surface area contributed by atoms with E-state index in [0.29, 0.717) is 19.3 Å². The molecule has 3 N–H and O–H groups in total. The average molecular weight is 324 g/mol. The lowest BCUT2D eigenvalue weighted by Gasteiger charge is -2.16. The van der Waals surface area contributed by atoms with Crippen molar-refractivity contribution in [3.8, 4) is 0 Å². The van der Waals surface area contributed by atoms with Gasteiger partial charge < -0.3 is 15.3 Å². The molecular formula is C18H28O5. The van der Waals surface area contributed by atoms with E-state index in [9.17, 15) is 19.8 Å². The molecular weight excluding hydrogens is 296 g/mol. The first-order valence-electron chi connectivity index (χ1n) is 8.39. The Morgan fingerprint density at radius 1 is 1.35 bits per heavy atom. The predicted octanol–water partition coefficient (Wildman–Crippen LogP) is 2.47. The summed E-state index contributed by atoms with van der Waals surface area (Å²) in [5.41, 5.74) is 0. The van der Waals surface area contributed by atoms with Gasteiger partial charge >= 0.3 is 5.97 Å². The zero-order chi connectivity index (χ0) is 17.2. The minimum atomic E-state index is -0.775. The van der Waals surface area contributed by atoms with Crippen LogP contribution < -0.4 is 0 Å². The Labute approximate surface area is 137 Å². The van der Waals surface area contributed by atoms with Gasteiger partial charge in [0.1, 0.15) is 5.78 Å². The second kappa shape index (κ2) is 10.3. The molecule has 1 aliphatic carbocycles. The predicted molar refractivity (Wildman–Crippen MR) is 87.9 cm³/mol. The van der Waals surface area contributed by atoms with Crippen LogP contribution in [0.2, 0.25) is 0 Å². The van der Waals surface area contributed by atoms with Gasteiger partial charge in [0.2, 0.25) is 0 Å². The van der Waals surface area contributed by atoms with Crippen molar-refractivity contribution in [1.82, 2.24) is 0 Å². The van der Waals surface area contributed by atoms with Gasteiger partial charge in [0, 0.05) is 24.7 Å². The van der Waals surface area contributed by atoms with Crippen molar-refractivity contribution in [3.05, 3.63) is 24.3 Å². The second-order valence-corrected chi connectivity index (χ2v) is 6.13. The minimum Gasteiger partial charge on any atom is -0.481 e. The maximum atomic E-state index is 12.0. The van der Waals surface area contributed by atoms with Gasteiger partial charge in [-0.15, -0.1) is 0 Å². The quantitative estimate of drug-likeness (QED) is 0.424. The lowest BCUT2D eigenvalue weighted by Crippen LogP contribution is -2.18. The molecule has 23 heavy (non-hydrogen) atoms. The van der Waals surface area contributed by atoms with E-state index in [-0.39, 0.29) is 30.5 Å².